The Hall–Kier alpha value is -1.81. The number of hydrogen-bond donors (Lipinski definition) is 1. The van der Waals surface area contributed by atoms with Crippen LogP contribution in [0, 0.1) is 6.92 Å². The van der Waals surface area contributed by atoms with Crippen LogP contribution >= 0.6 is 0 Å². The van der Waals surface area contributed by atoms with Crippen molar-refractivity contribution in [2.45, 2.75) is 33.4 Å². The lowest BCUT2D eigenvalue weighted by Gasteiger charge is -2.08. The van der Waals surface area contributed by atoms with Gasteiger partial charge in [-0.25, -0.2) is 9.97 Å². The molecule has 0 spiro atoms. The van der Waals surface area contributed by atoms with Crippen molar-refractivity contribution in [1.82, 2.24) is 20.3 Å². The van der Waals surface area contributed by atoms with Crippen molar-refractivity contribution in [3.63, 3.8) is 0 Å². The van der Waals surface area contributed by atoms with Crippen LogP contribution in [0.25, 0.3) is 11.5 Å². The van der Waals surface area contributed by atoms with Gasteiger partial charge in [-0.3, -0.25) is 4.98 Å². The largest absolute Gasteiger partial charge is 0.307 e. The number of pyridine rings is 1. The molecule has 92 valence electrons. The fraction of sp³-hybridized carbons (Fsp3) is 0.357. The van der Waals surface area contributed by atoms with Crippen LogP contribution < -0.4 is 5.32 Å². The van der Waals surface area contributed by atoms with E-state index in [9.17, 15) is 0 Å². The zero-order valence-corrected chi connectivity index (χ0v) is 10.7. The lowest BCUT2D eigenvalue weighted by molar-refractivity contribution is 0.755. The summed E-state index contributed by atoms with van der Waals surface area (Å²) < 4.78 is 0. The van der Waals surface area contributed by atoms with E-state index in [-0.39, 0.29) is 0 Å². The number of nitrogens with one attached hydrogen (secondary N) is 1. The lowest BCUT2D eigenvalue weighted by Crippen LogP contribution is -2.04. The SMILES string of the molecule is CCc1nc(-c2ncccc2C)nc2c1CNC2. The lowest BCUT2D eigenvalue weighted by atomic mass is 10.1. The van der Waals surface area contributed by atoms with E-state index >= 15 is 0 Å². The zero-order chi connectivity index (χ0) is 12.5. The first-order chi connectivity index (χ1) is 8.79. The third-order valence-electron chi connectivity index (χ3n) is 3.33. The van der Waals surface area contributed by atoms with E-state index in [1.54, 1.807) is 6.20 Å². The molecule has 1 aliphatic rings. The number of nitrogens with zero attached hydrogens (tertiary/aromatic N) is 3. The second kappa shape index (κ2) is 4.46. The molecule has 2 aromatic rings. The van der Waals surface area contributed by atoms with Gasteiger partial charge in [-0.05, 0) is 25.0 Å². The fourth-order valence-electron chi connectivity index (χ4n) is 2.36. The number of fused-ring (bicyclic) bond motifs is 1. The molecule has 4 nitrogen and oxygen atoms in total. The minimum atomic E-state index is 0.757. The van der Waals surface area contributed by atoms with Crippen molar-refractivity contribution in [2.24, 2.45) is 0 Å². The van der Waals surface area contributed by atoms with Gasteiger partial charge in [0.25, 0.3) is 0 Å². The number of aryl methyl sites for hydroxylation is 2. The van der Waals surface area contributed by atoms with Crippen molar-refractivity contribution in [2.75, 3.05) is 0 Å². The highest BCUT2D eigenvalue weighted by Crippen LogP contribution is 2.23. The van der Waals surface area contributed by atoms with Crippen LogP contribution in [0.4, 0.5) is 0 Å². The molecular formula is C14H16N4. The molecule has 2 aromatic heterocycles. The Morgan fingerprint density at radius 1 is 1.28 bits per heavy atom. The van der Waals surface area contributed by atoms with Crippen LogP contribution in [0.2, 0.25) is 0 Å². The third-order valence-corrected chi connectivity index (χ3v) is 3.33. The maximum Gasteiger partial charge on any atom is 0.178 e. The second-order valence-corrected chi connectivity index (χ2v) is 4.55. The van der Waals surface area contributed by atoms with Crippen LogP contribution in [-0.4, -0.2) is 15.0 Å². The van der Waals surface area contributed by atoms with E-state index < -0.39 is 0 Å². The van der Waals surface area contributed by atoms with Crippen LogP contribution in [0.15, 0.2) is 18.3 Å². The number of hydrogen-bond acceptors (Lipinski definition) is 4. The Bertz CT molecular complexity index is 592. The van der Waals surface area contributed by atoms with Crippen LogP contribution in [0.3, 0.4) is 0 Å². The first-order valence-electron chi connectivity index (χ1n) is 6.31. The minimum Gasteiger partial charge on any atom is -0.307 e. The first kappa shape index (κ1) is 11.3. The summed E-state index contributed by atoms with van der Waals surface area (Å²) in [6, 6.07) is 3.98. The van der Waals surface area contributed by atoms with Gasteiger partial charge in [0.15, 0.2) is 5.82 Å². The Labute approximate surface area is 107 Å². The van der Waals surface area contributed by atoms with Gasteiger partial charge in [0.05, 0.1) is 5.69 Å². The molecule has 18 heavy (non-hydrogen) atoms. The molecular weight excluding hydrogens is 224 g/mol. The topological polar surface area (TPSA) is 50.7 Å². The van der Waals surface area contributed by atoms with Gasteiger partial charge >= 0.3 is 0 Å². The average molecular weight is 240 g/mol. The van der Waals surface area contributed by atoms with Crippen molar-refractivity contribution >= 4 is 0 Å². The quantitative estimate of drug-likeness (QED) is 0.872. The summed E-state index contributed by atoms with van der Waals surface area (Å²) in [7, 11) is 0. The molecule has 0 amide bonds. The van der Waals surface area contributed by atoms with Crippen LogP contribution in [-0.2, 0) is 19.5 Å². The Kier molecular flexibility index (Phi) is 2.80. The maximum atomic E-state index is 4.68. The molecule has 0 aromatic carbocycles. The molecule has 0 bridgehead atoms. The molecule has 0 saturated heterocycles. The summed E-state index contributed by atoms with van der Waals surface area (Å²) in [5, 5.41) is 3.33. The van der Waals surface area contributed by atoms with Gasteiger partial charge in [-0.2, -0.15) is 0 Å². The fourth-order valence-corrected chi connectivity index (χ4v) is 2.36. The van der Waals surface area contributed by atoms with E-state index in [0.717, 1.165) is 48.0 Å². The zero-order valence-electron chi connectivity index (χ0n) is 10.7. The van der Waals surface area contributed by atoms with Crippen molar-refractivity contribution < 1.29 is 0 Å². The monoisotopic (exact) mass is 240 g/mol. The summed E-state index contributed by atoms with van der Waals surface area (Å²) in [4.78, 5) is 13.7. The normalized spacial score (nSPS) is 13.7. The van der Waals surface area contributed by atoms with Gasteiger partial charge in [-0.15, -0.1) is 0 Å². The van der Waals surface area contributed by atoms with E-state index in [1.807, 2.05) is 19.1 Å². The van der Waals surface area contributed by atoms with Crippen LogP contribution in [0.1, 0.15) is 29.4 Å². The summed E-state index contributed by atoms with van der Waals surface area (Å²) in [5.74, 6) is 0.757. The molecule has 1 aliphatic heterocycles. The molecule has 3 rings (SSSR count). The third kappa shape index (κ3) is 1.78. The second-order valence-electron chi connectivity index (χ2n) is 4.55. The molecule has 0 fully saturated rings. The predicted molar refractivity (Wildman–Crippen MR) is 69.9 cm³/mol. The van der Waals surface area contributed by atoms with Crippen LogP contribution in [0.5, 0.6) is 0 Å². The number of rotatable bonds is 2. The maximum absolute atomic E-state index is 4.68. The summed E-state index contributed by atoms with van der Waals surface area (Å²) >= 11 is 0. The smallest absolute Gasteiger partial charge is 0.178 e. The molecule has 0 unspecified atom stereocenters. The van der Waals surface area contributed by atoms with E-state index in [0.29, 0.717) is 0 Å². The molecule has 4 heteroatoms. The molecule has 0 atom stereocenters. The first-order valence-corrected chi connectivity index (χ1v) is 6.31. The summed E-state index contributed by atoms with van der Waals surface area (Å²) in [5.41, 5.74) is 5.55. The van der Waals surface area contributed by atoms with E-state index in [1.165, 1.54) is 5.56 Å². The molecule has 0 radical (unpaired) electrons. The van der Waals surface area contributed by atoms with Gasteiger partial charge < -0.3 is 5.32 Å². The van der Waals surface area contributed by atoms with Crippen molar-refractivity contribution in [3.8, 4) is 11.5 Å². The summed E-state index contributed by atoms with van der Waals surface area (Å²) in [6.07, 6.45) is 2.73. The molecule has 3 heterocycles. The Morgan fingerprint density at radius 2 is 2.17 bits per heavy atom. The predicted octanol–water partition coefficient (Wildman–Crippen LogP) is 2.01. The van der Waals surface area contributed by atoms with E-state index in [4.69, 9.17) is 0 Å². The summed E-state index contributed by atoms with van der Waals surface area (Å²) in [6.45, 7) is 5.91. The molecule has 0 saturated carbocycles. The minimum absolute atomic E-state index is 0.757. The highest BCUT2D eigenvalue weighted by Gasteiger charge is 2.19. The average Bonchev–Trinajstić information content (AvgIpc) is 2.86. The van der Waals surface area contributed by atoms with Gasteiger partial charge in [0.1, 0.15) is 5.69 Å². The Balaban J connectivity index is 2.17. The number of aromatic nitrogens is 3. The standard InChI is InChI=1S/C14H16N4/c1-3-11-10-7-15-8-12(10)18-14(17-11)13-9(2)5-4-6-16-13/h4-6,15H,3,7-8H2,1-2H3. The Morgan fingerprint density at radius 3 is 2.94 bits per heavy atom. The highest BCUT2D eigenvalue weighted by atomic mass is 15.0. The highest BCUT2D eigenvalue weighted by molar-refractivity contribution is 5.55. The van der Waals surface area contributed by atoms with Gasteiger partial charge in [-0.1, -0.05) is 13.0 Å². The van der Waals surface area contributed by atoms with Crippen molar-refractivity contribution in [3.05, 3.63) is 40.8 Å². The molecule has 1 N–H and O–H groups in total. The van der Waals surface area contributed by atoms with Gasteiger partial charge in [0, 0.05) is 30.5 Å². The van der Waals surface area contributed by atoms with E-state index in [2.05, 4.69) is 27.2 Å². The molecule has 0 aliphatic carbocycles. The van der Waals surface area contributed by atoms with Crippen molar-refractivity contribution in [1.29, 1.82) is 0 Å². The van der Waals surface area contributed by atoms with Gasteiger partial charge in [0.2, 0.25) is 0 Å².